The number of hydrogen-bond acceptors (Lipinski definition) is 4. The molecule has 0 fully saturated rings. The number of halogens is 1. The molecule has 3 rings (SSSR count). The zero-order chi connectivity index (χ0) is 14.8. The Kier molecular flexibility index (Phi) is 3.57. The molecule has 2 aromatic carbocycles. The minimum Gasteiger partial charge on any atom is -0.380 e. The molecule has 0 saturated heterocycles. The molecule has 1 heterocycles. The first-order valence-electron chi connectivity index (χ1n) is 6.24. The molecule has 21 heavy (non-hydrogen) atoms. The predicted molar refractivity (Wildman–Crippen MR) is 84.2 cm³/mol. The van der Waals surface area contributed by atoms with Crippen LogP contribution in [-0.2, 0) is 6.54 Å². The fraction of sp³-hybridized carbons (Fsp3) is 0.0714. The van der Waals surface area contributed by atoms with Crippen molar-refractivity contribution in [2.24, 2.45) is 0 Å². The lowest BCUT2D eigenvalue weighted by Crippen LogP contribution is -2.03. The van der Waals surface area contributed by atoms with E-state index >= 15 is 0 Å². The number of rotatable bonds is 4. The number of nitro groups is 1. The number of H-pyrrole nitrogens is 1. The van der Waals surface area contributed by atoms with E-state index in [1.165, 1.54) is 6.07 Å². The predicted octanol–water partition coefficient (Wildman–Crippen LogP) is 3.85. The minimum atomic E-state index is -0.370. The van der Waals surface area contributed by atoms with Gasteiger partial charge in [-0.25, -0.2) is 0 Å². The number of aromatic nitrogens is 2. The molecule has 0 bridgehead atoms. The van der Waals surface area contributed by atoms with E-state index < -0.39 is 0 Å². The summed E-state index contributed by atoms with van der Waals surface area (Å²) in [4.78, 5) is 10.6. The minimum absolute atomic E-state index is 0.114. The van der Waals surface area contributed by atoms with Gasteiger partial charge in [-0.05, 0) is 12.1 Å². The van der Waals surface area contributed by atoms with Crippen LogP contribution in [0.4, 0.5) is 11.4 Å². The zero-order valence-electron chi connectivity index (χ0n) is 10.8. The molecule has 0 aliphatic rings. The second-order valence-electron chi connectivity index (χ2n) is 4.52. The lowest BCUT2D eigenvalue weighted by Gasteiger charge is -2.09. The third-order valence-electron chi connectivity index (χ3n) is 3.18. The van der Waals surface area contributed by atoms with E-state index in [1.807, 2.05) is 12.1 Å². The van der Waals surface area contributed by atoms with Gasteiger partial charge in [0.15, 0.2) is 0 Å². The Labute approximate surface area is 128 Å². The fourth-order valence-electron chi connectivity index (χ4n) is 2.19. The molecule has 0 saturated carbocycles. The Morgan fingerprint density at radius 1 is 1.33 bits per heavy atom. The number of aromatic amines is 1. The van der Waals surface area contributed by atoms with Gasteiger partial charge in [-0.15, -0.1) is 0 Å². The summed E-state index contributed by atoms with van der Waals surface area (Å²) in [5.41, 5.74) is 2.52. The molecular formula is C14H11BrN4O2. The molecule has 0 atom stereocenters. The molecule has 6 nitrogen and oxygen atoms in total. The van der Waals surface area contributed by atoms with E-state index in [4.69, 9.17) is 0 Å². The normalized spacial score (nSPS) is 10.7. The molecule has 2 N–H and O–H groups in total. The molecule has 1 aromatic heterocycles. The smallest absolute Gasteiger partial charge is 0.274 e. The third kappa shape index (κ3) is 2.73. The summed E-state index contributed by atoms with van der Waals surface area (Å²) in [6, 6.07) is 10.6. The average Bonchev–Trinajstić information content (AvgIpc) is 2.93. The van der Waals surface area contributed by atoms with Gasteiger partial charge in [-0.1, -0.05) is 34.1 Å². The van der Waals surface area contributed by atoms with Crippen molar-refractivity contribution in [3.63, 3.8) is 0 Å². The van der Waals surface area contributed by atoms with Crippen LogP contribution in [0.2, 0.25) is 0 Å². The number of nitrogens with zero attached hydrogens (tertiary/aromatic N) is 2. The molecule has 3 aromatic rings. The van der Waals surface area contributed by atoms with Crippen molar-refractivity contribution in [2.75, 3.05) is 5.32 Å². The summed E-state index contributed by atoms with van der Waals surface area (Å²) in [7, 11) is 0. The first kappa shape index (κ1) is 13.6. The summed E-state index contributed by atoms with van der Waals surface area (Å²) in [5, 5.41) is 22.1. The van der Waals surface area contributed by atoms with E-state index in [2.05, 4.69) is 31.4 Å². The van der Waals surface area contributed by atoms with Crippen molar-refractivity contribution in [3.05, 3.63) is 62.7 Å². The van der Waals surface area contributed by atoms with Gasteiger partial charge < -0.3 is 5.32 Å². The van der Waals surface area contributed by atoms with E-state index in [0.717, 1.165) is 21.1 Å². The number of benzene rings is 2. The molecule has 0 aliphatic heterocycles. The number of nitro benzene ring substituents is 1. The first-order valence-corrected chi connectivity index (χ1v) is 7.03. The van der Waals surface area contributed by atoms with Crippen molar-refractivity contribution in [3.8, 4) is 0 Å². The number of fused-ring (bicyclic) bond motifs is 1. The van der Waals surface area contributed by atoms with Gasteiger partial charge >= 0.3 is 0 Å². The highest BCUT2D eigenvalue weighted by Crippen LogP contribution is 2.28. The van der Waals surface area contributed by atoms with Gasteiger partial charge in [0, 0.05) is 33.7 Å². The van der Waals surface area contributed by atoms with Crippen molar-refractivity contribution < 1.29 is 4.92 Å². The van der Waals surface area contributed by atoms with Gasteiger partial charge in [0.25, 0.3) is 5.69 Å². The molecule has 0 radical (unpaired) electrons. The van der Waals surface area contributed by atoms with E-state index in [-0.39, 0.29) is 10.6 Å². The Balaban J connectivity index is 1.90. The molecule has 0 amide bonds. The monoisotopic (exact) mass is 346 g/mol. The number of hydrogen-bond donors (Lipinski definition) is 2. The standard InChI is InChI=1S/C14H11BrN4O2/c15-10-5-12(11-8-17-18-13(11)6-10)16-7-9-3-1-2-4-14(9)19(20)21/h1-6,8,16H,7H2,(H,17,18). The summed E-state index contributed by atoms with van der Waals surface area (Å²) >= 11 is 3.44. The molecule has 106 valence electrons. The Morgan fingerprint density at radius 2 is 2.14 bits per heavy atom. The lowest BCUT2D eigenvalue weighted by molar-refractivity contribution is -0.385. The Hall–Kier alpha value is -2.41. The number of para-hydroxylation sites is 1. The fourth-order valence-corrected chi connectivity index (χ4v) is 2.65. The molecular weight excluding hydrogens is 336 g/mol. The molecule has 7 heteroatoms. The summed E-state index contributed by atoms with van der Waals surface area (Å²) in [6.45, 7) is 0.369. The first-order chi connectivity index (χ1) is 10.1. The van der Waals surface area contributed by atoms with Crippen LogP contribution in [0.5, 0.6) is 0 Å². The van der Waals surface area contributed by atoms with Crippen LogP contribution in [0.3, 0.4) is 0 Å². The molecule has 0 aliphatic carbocycles. The Bertz CT molecular complexity index is 816. The van der Waals surface area contributed by atoms with Crippen LogP contribution < -0.4 is 5.32 Å². The SMILES string of the molecule is O=[N+]([O-])c1ccccc1CNc1cc(Br)cc2[nH]ncc12. The second kappa shape index (κ2) is 5.53. The second-order valence-corrected chi connectivity index (χ2v) is 5.44. The maximum absolute atomic E-state index is 11.0. The highest BCUT2D eigenvalue weighted by molar-refractivity contribution is 9.10. The lowest BCUT2D eigenvalue weighted by atomic mass is 10.1. The highest BCUT2D eigenvalue weighted by atomic mass is 79.9. The third-order valence-corrected chi connectivity index (χ3v) is 3.64. The summed E-state index contributed by atoms with van der Waals surface area (Å²) < 4.78 is 0.907. The maximum atomic E-state index is 11.0. The number of nitrogens with one attached hydrogen (secondary N) is 2. The average molecular weight is 347 g/mol. The summed E-state index contributed by atoms with van der Waals surface area (Å²) in [5.74, 6) is 0. The van der Waals surface area contributed by atoms with Gasteiger partial charge in [-0.2, -0.15) is 5.10 Å². The molecule has 0 spiro atoms. The Morgan fingerprint density at radius 3 is 2.95 bits per heavy atom. The quantitative estimate of drug-likeness (QED) is 0.555. The zero-order valence-corrected chi connectivity index (χ0v) is 12.4. The van der Waals surface area contributed by atoms with Crippen molar-refractivity contribution in [1.29, 1.82) is 0 Å². The van der Waals surface area contributed by atoms with Gasteiger partial charge in [0.2, 0.25) is 0 Å². The summed E-state index contributed by atoms with van der Waals surface area (Å²) in [6.07, 6.45) is 1.73. The van der Waals surface area contributed by atoms with Crippen LogP contribution in [0.25, 0.3) is 10.9 Å². The van der Waals surface area contributed by atoms with E-state index in [0.29, 0.717) is 12.1 Å². The maximum Gasteiger partial charge on any atom is 0.274 e. The molecule has 0 unspecified atom stereocenters. The number of anilines is 1. The van der Waals surface area contributed by atoms with Crippen molar-refractivity contribution in [2.45, 2.75) is 6.54 Å². The van der Waals surface area contributed by atoms with Crippen LogP contribution >= 0.6 is 15.9 Å². The van der Waals surface area contributed by atoms with Crippen LogP contribution in [-0.4, -0.2) is 15.1 Å². The van der Waals surface area contributed by atoms with Crippen molar-refractivity contribution in [1.82, 2.24) is 10.2 Å². The van der Waals surface area contributed by atoms with E-state index in [9.17, 15) is 10.1 Å². The van der Waals surface area contributed by atoms with E-state index in [1.54, 1.807) is 24.4 Å². The highest BCUT2D eigenvalue weighted by Gasteiger charge is 2.12. The van der Waals surface area contributed by atoms with Crippen LogP contribution in [0.1, 0.15) is 5.56 Å². The largest absolute Gasteiger partial charge is 0.380 e. The van der Waals surface area contributed by atoms with Crippen LogP contribution in [0, 0.1) is 10.1 Å². The van der Waals surface area contributed by atoms with Gasteiger partial charge in [0.1, 0.15) is 0 Å². The van der Waals surface area contributed by atoms with Gasteiger partial charge in [0.05, 0.1) is 16.6 Å². The van der Waals surface area contributed by atoms with Gasteiger partial charge in [-0.3, -0.25) is 15.2 Å². The van der Waals surface area contributed by atoms with Crippen LogP contribution in [0.15, 0.2) is 47.1 Å². The topological polar surface area (TPSA) is 83.9 Å². The van der Waals surface area contributed by atoms with Crippen molar-refractivity contribution >= 4 is 38.2 Å².